The van der Waals surface area contributed by atoms with Crippen molar-refractivity contribution in [1.29, 1.82) is 0 Å². The van der Waals surface area contributed by atoms with Crippen molar-refractivity contribution in [3.8, 4) is 17.2 Å². The van der Waals surface area contributed by atoms with Gasteiger partial charge in [0.25, 0.3) is 5.56 Å². The molecule has 4 aromatic heterocycles. The minimum atomic E-state index is -0.394. The normalized spacial score (nSPS) is 12.2. The van der Waals surface area contributed by atoms with Crippen molar-refractivity contribution in [2.45, 2.75) is 13.0 Å². The van der Waals surface area contributed by atoms with Crippen LogP contribution >= 0.6 is 11.6 Å². The van der Waals surface area contributed by atoms with Crippen LogP contribution in [-0.2, 0) is 7.05 Å². The van der Waals surface area contributed by atoms with Crippen LogP contribution < -0.4 is 16.6 Å². The Morgan fingerprint density at radius 1 is 1.21 bits per heavy atom. The van der Waals surface area contributed by atoms with Gasteiger partial charge in [-0.3, -0.25) is 19.1 Å². The summed E-state index contributed by atoms with van der Waals surface area (Å²) in [5.74, 6) is 1.51. The van der Waals surface area contributed by atoms with Crippen LogP contribution in [0.5, 0.6) is 0 Å². The zero-order chi connectivity index (χ0) is 23.1. The van der Waals surface area contributed by atoms with Gasteiger partial charge in [-0.2, -0.15) is 10.2 Å². The van der Waals surface area contributed by atoms with Gasteiger partial charge in [0.05, 0.1) is 22.1 Å². The molecule has 33 heavy (non-hydrogen) atoms. The Hall–Kier alpha value is -4.25. The monoisotopic (exact) mass is 462 g/mol. The van der Waals surface area contributed by atoms with Gasteiger partial charge in [0.1, 0.15) is 29.9 Å². The molecule has 4 N–H and O–H groups in total. The largest absolute Gasteiger partial charge is 0.383 e. The standard InChI is InChI=1S/C21H19ClN10O/c1-11(28-19-17(18(23)24-9-25-19)20-26-10-31(2)30-20)14-8-12-4-3-5-13(22)16(12)21(33)32(14)15-6-7-27-29-15/h3-11H,1-2H3,(H,27,29)(H3,23,24,25,28)/t11-/m0/s1. The third kappa shape index (κ3) is 3.57. The van der Waals surface area contributed by atoms with Crippen LogP contribution in [0.2, 0.25) is 5.02 Å². The fourth-order valence-electron chi connectivity index (χ4n) is 3.73. The minimum absolute atomic E-state index is 0.237. The molecule has 1 aromatic carbocycles. The number of H-pyrrole nitrogens is 1. The number of fused-ring (bicyclic) bond motifs is 1. The van der Waals surface area contributed by atoms with E-state index < -0.39 is 6.04 Å². The third-order valence-corrected chi connectivity index (χ3v) is 5.55. The number of aromatic nitrogens is 8. The van der Waals surface area contributed by atoms with E-state index in [9.17, 15) is 4.79 Å². The fourth-order valence-corrected chi connectivity index (χ4v) is 4.00. The highest BCUT2D eigenvalue weighted by Crippen LogP contribution is 2.31. The van der Waals surface area contributed by atoms with E-state index in [0.29, 0.717) is 39.1 Å². The van der Waals surface area contributed by atoms with E-state index in [1.54, 1.807) is 42.5 Å². The Morgan fingerprint density at radius 2 is 2.06 bits per heavy atom. The molecule has 0 saturated carbocycles. The highest BCUT2D eigenvalue weighted by atomic mass is 35.5. The van der Waals surface area contributed by atoms with Gasteiger partial charge in [0, 0.05) is 19.3 Å². The third-order valence-electron chi connectivity index (χ3n) is 5.24. The molecule has 0 aliphatic rings. The minimum Gasteiger partial charge on any atom is -0.383 e. The zero-order valence-electron chi connectivity index (χ0n) is 17.7. The van der Waals surface area contributed by atoms with Gasteiger partial charge < -0.3 is 11.1 Å². The zero-order valence-corrected chi connectivity index (χ0v) is 18.4. The summed E-state index contributed by atoms with van der Waals surface area (Å²) in [5, 5.41) is 16.1. The number of nitrogens with zero attached hydrogens (tertiary/aromatic N) is 7. The molecule has 4 heterocycles. The predicted molar refractivity (Wildman–Crippen MR) is 125 cm³/mol. The van der Waals surface area contributed by atoms with E-state index in [1.807, 2.05) is 19.1 Å². The number of benzene rings is 1. The lowest BCUT2D eigenvalue weighted by Crippen LogP contribution is -2.26. The summed E-state index contributed by atoms with van der Waals surface area (Å²) in [6.45, 7) is 1.90. The number of halogens is 1. The first-order chi connectivity index (χ1) is 15.9. The Morgan fingerprint density at radius 3 is 2.79 bits per heavy atom. The predicted octanol–water partition coefficient (Wildman–Crippen LogP) is 2.71. The smallest absolute Gasteiger partial charge is 0.266 e. The van der Waals surface area contributed by atoms with E-state index in [0.717, 1.165) is 5.39 Å². The number of pyridine rings is 1. The molecule has 1 atom stereocenters. The number of aryl methyl sites for hydroxylation is 1. The van der Waals surface area contributed by atoms with Gasteiger partial charge in [0.15, 0.2) is 11.6 Å². The molecule has 5 aromatic rings. The molecule has 12 heteroatoms. The molecule has 0 spiro atoms. The van der Waals surface area contributed by atoms with Crippen LogP contribution in [0, 0.1) is 0 Å². The lowest BCUT2D eigenvalue weighted by molar-refractivity contribution is 0.757. The van der Waals surface area contributed by atoms with Crippen molar-refractivity contribution in [3.63, 3.8) is 0 Å². The number of nitrogen functional groups attached to an aromatic ring is 1. The van der Waals surface area contributed by atoms with Crippen LogP contribution in [0.1, 0.15) is 18.7 Å². The second kappa shape index (κ2) is 8.02. The first-order valence-electron chi connectivity index (χ1n) is 10.0. The first-order valence-corrected chi connectivity index (χ1v) is 10.4. The molecule has 5 rings (SSSR count). The Balaban J connectivity index is 1.66. The van der Waals surface area contributed by atoms with Gasteiger partial charge in [-0.05, 0) is 24.4 Å². The van der Waals surface area contributed by atoms with Crippen LogP contribution in [-0.4, -0.2) is 39.5 Å². The van der Waals surface area contributed by atoms with Crippen molar-refractivity contribution in [2.24, 2.45) is 7.05 Å². The Bertz CT molecular complexity index is 1520. The number of nitrogens with one attached hydrogen (secondary N) is 2. The maximum atomic E-state index is 13.5. The number of hydrogen-bond donors (Lipinski definition) is 3. The molecule has 0 radical (unpaired) electrons. The van der Waals surface area contributed by atoms with E-state index >= 15 is 0 Å². The van der Waals surface area contributed by atoms with Crippen LogP contribution in [0.3, 0.4) is 0 Å². The van der Waals surface area contributed by atoms with Gasteiger partial charge in [-0.1, -0.05) is 23.7 Å². The quantitative estimate of drug-likeness (QED) is 0.361. The molecule has 11 nitrogen and oxygen atoms in total. The van der Waals surface area contributed by atoms with Gasteiger partial charge >= 0.3 is 0 Å². The molecular formula is C21H19ClN10O. The Kier molecular flexibility index (Phi) is 5.02. The number of rotatable bonds is 5. The van der Waals surface area contributed by atoms with Crippen LogP contribution in [0.25, 0.3) is 28.0 Å². The van der Waals surface area contributed by atoms with Crippen LogP contribution in [0.15, 0.2) is 54.0 Å². The number of anilines is 2. The van der Waals surface area contributed by atoms with Crippen molar-refractivity contribution in [2.75, 3.05) is 11.1 Å². The molecular weight excluding hydrogens is 444 g/mol. The van der Waals surface area contributed by atoms with E-state index in [-0.39, 0.29) is 11.4 Å². The Labute approximate surface area is 192 Å². The number of nitrogens with two attached hydrogens (primary N) is 1. The summed E-state index contributed by atoms with van der Waals surface area (Å²) in [6, 6.07) is 8.57. The van der Waals surface area contributed by atoms with E-state index in [4.69, 9.17) is 17.3 Å². The second-order valence-electron chi connectivity index (χ2n) is 7.44. The number of hydrogen-bond acceptors (Lipinski definition) is 8. The van der Waals surface area contributed by atoms with Crippen molar-refractivity contribution in [1.82, 2.24) is 39.5 Å². The number of aromatic amines is 1. The molecule has 0 fully saturated rings. The van der Waals surface area contributed by atoms with Crippen molar-refractivity contribution >= 4 is 34.0 Å². The molecule has 0 aliphatic carbocycles. The summed E-state index contributed by atoms with van der Waals surface area (Å²) in [4.78, 5) is 26.2. The van der Waals surface area contributed by atoms with Gasteiger partial charge in [-0.25, -0.2) is 15.0 Å². The maximum Gasteiger partial charge on any atom is 0.266 e. The van der Waals surface area contributed by atoms with Crippen molar-refractivity contribution in [3.05, 3.63) is 70.3 Å². The van der Waals surface area contributed by atoms with E-state index in [1.165, 1.54) is 10.9 Å². The second-order valence-corrected chi connectivity index (χ2v) is 7.84. The van der Waals surface area contributed by atoms with Crippen LogP contribution in [0.4, 0.5) is 11.6 Å². The SMILES string of the molecule is C[C@H](Nc1ncnc(N)c1-c1ncn(C)n1)c1cc2cccc(Cl)c2c(=O)n1-c1cc[nH]n1. The van der Waals surface area contributed by atoms with Crippen molar-refractivity contribution < 1.29 is 0 Å². The highest BCUT2D eigenvalue weighted by molar-refractivity contribution is 6.35. The first kappa shape index (κ1) is 20.6. The summed E-state index contributed by atoms with van der Waals surface area (Å²) in [5.41, 5.74) is 6.99. The summed E-state index contributed by atoms with van der Waals surface area (Å²) >= 11 is 6.36. The summed E-state index contributed by atoms with van der Waals surface area (Å²) in [7, 11) is 1.76. The molecule has 0 bridgehead atoms. The lowest BCUT2D eigenvalue weighted by atomic mass is 10.1. The fraction of sp³-hybridized carbons (Fsp3) is 0.143. The molecule has 0 amide bonds. The summed E-state index contributed by atoms with van der Waals surface area (Å²) in [6.07, 6.45) is 4.57. The average Bonchev–Trinajstić information content (AvgIpc) is 3.45. The molecule has 166 valence electrons. The molecule has 0 unspecified atom stereocenters. The maximum absolute atomic E-state index is 13.5. The van der Waals surface area contributed by atoms with E-state index in [2.05, 4.69) is 35.6 Å². The topological polar surface area (TPSA) is 145 Å². The van der Waals surface area contributed by atoms with Gasteiger partial charge in [-0.15, -0.1) is 0 Å². The summed E-state index contributed by atoms with van der Waals surface area (Å²) < 4.78 is 3.09. The van der Waals surface area contributed by atoms with Gasteiger partial charge in [0.2, 0.25) is 0 Å². The average molecular weight is 463 g/mol. The molecule has 0 saturated heterocycles. The highest BCUT2D eigenvalue weighted by Gasteiger charge is 2.22. The lowest BCUT2D eigenvalue weighted by Gasteiger charge is -2.21. The molecule has 0 aliphatic heterocycles.